The summed E-state index contributed by atoms with van der Waals surface area (Å²) in [5.41, 5.74) is 0.700. The lowest BCUT2D eigenvalue weighted by Crippen LogP contribution is -2.57. The fourth-order valence-corrected chi connectivity index (χ4v) is 5.48. The molecule has 3 saturated heterocycles. The summed E-state index contributed by atoms with van der Waals surface area (Å²) in [5.74, 6) is 0.0549. The van der Waals surface area contributed by atoms with E-state index in [9.17, 15) is 9.59 Å². The molecule has 2 amide bonds. The van der Waals surface area contributed by atoms with Crippen LogP contribution in [0.25, 0.3) is 0 Å². The standard InChI is InChI=1S/C23H36N2O6/c1-15(2)6-7-18-22(4,31-18)20-19(28-5)17(8-9-23(20)14-29-23)30-21(27)25-12-10-24(11-13-25)16(3)26/h6,17-20H,7-14H2,1-5H3/t17-,18-,19-,20-,22-,23+/m1/s1. The quantitative estimate of drug-likeness (QED) is 0.486. The number of methoxy groups -OCH3 is 1. The predicted molar refractivity (Wildman–Crippen MR) is 114 cm³/mol. The van der Waals surface area contributed by atoms with Crippen molar-refractivity contribution in [2.24, 2.45) is 5.92 Å². The summed E-state index contributed by atoms with van der Waals surface area (Å²) >= 11 is 0. The Bertz CT molecular complexity index is 738. The van der Waals surface area contributed by atoms with E-state index in [1.807, 2.05) is 0 Å². The van der Waals surface area contributed by atoms with Crippen LogP contribution in [0.4, 0.5) is 4.79 Å². The normalized spacial score (nSPS) is 39.3. The van der Waals surface area contributed by atoms with Crippen LogP contribution in [-0.4, -0.2) is 91.2 Å². The van der Waals surface area contributed by atoms with Crippen LogP contribution in [0.2, 0.25) is 0 Å². The number of nitrogens with zero attached hydrogens (tertiary/aromatic N) is 2. The van der Waals surface area contributed by atoms with Crippen molar-refractivity contribution in [1.82, 2.24) is 9.80 Å². The number of carbonyl (C=O) groups is 2. The third-order valence-electron chi connectivity index (χ3n) is 7.47. The Balaban J connectivity index is 1.42. The van der Waals surface area contributed by atoms with Crippen molar-refractivity contribution in [3.63, 3.8) is 0 Å². The van der Waals surface area contributed by atoms with E-state index in [-0.39, 0.29) is 47.4 Å². The van der Waals surface area contributed by atoms with Gasteiger partial charge in [0.1, 0.15) is 23.4 Å². The third kappa shape index (κ3) is 4.34. The van der Waals surface area contributed by atoms with E-state index in [2.05, 4.69) is 26.8 Å². The molecule has 1 spiro atoms. The average Bonchev–Trinajstić information content (AvgIpc) is 3.65. The summed E-state index contributed by atoms with van der Waals surface area (Å²) in [4.78, 5) is 27.8. The van der Waals surface area contributed by atoms with Gasteiger partial charge in [-0.2, -0.15) is 0 Å². The van der Waals surface area contributed by atoms with Crippen molar-refractivity contribution in [2.75, 3.05) is 39.9 Å². The molecule has 4 fully saturated rings. The number of carbonyl (C=O) groups excluding carboxylic acids is 2. The van der Waals surface area contributed by atoms with Crippen molar-refractivity contribution in [3.8, 4) is 0 Å². The highest BCUT2D eigenvalue weighted by Crippen LogP contribution is 2.59. The van der Waals surface area contributed by atoms with E-state index in [4.69, 9.17) is 18.9 Å². The lowest BCUT2D eigenvalue weighted by Gasteiger charge is -2.43. The fourth-order valence-electron chi connectivity index (χ4n) is 5.48. The van der Waals surface area contributed by atoms with Crippen molar-refractivity contribution in [2.45, 2.75) is 76.5 Å². The molecule has 174 valence electrons. The number of ether oxygens (including phenoxy) is 4. The molecule has 8 heteroatoms. The zero-order valence-electron chi connectivity index (χ0n) is 19.4. The summed E-state index contributed by atoms with van der Waals surface area (Å²) in [6.07, 6.45) is 3.80. The van der Waals surface area contributed by atoms with Crippen molar-refractivity contribution < 1.29 is 28.5 Å². The molecule has 3 aliphatic heterocycles. The van der Waals surface area contributed by atoms with E-state index in [0.717, 1.165) is 12.8 Å². The lowest BCUT2D eigenvalue weighted by atomic mass is 9.68. The van der Waals surface area contributed by atoms with Crippen LogP contribution in [0.1, 0.15) is 47.0 Å². The second-order valence-corrected chi connectivity index (χ2v) is 9.79. The highest BCUT2D eigenvalue weighted by Gasteiger charge is 2.72. The Morgan fingerprint density at radius 3 is 2.32 bits per heavy atom. The molecule has 4 rings (SSSR count). The minimum absolute atomic E-state index is 0.0154. The van der Waals surface area contributed by atoms with Gasteiger partial charge in [-0.15, -0.1) is 0 Å². The van der Waals surface area contributed by atoms with Crippen LogP contribution in [-0.2, 0) is 23.7 Å². The van der Waals surface area contributed by atoms with Crippen molar-refractivity contribution in [1.29, 1.82) is 0 Å². The summed E-state index contributed by atoms with van der Waals surface area (Å²) in [5, 5.41) is 0. The van der Waals surface area contributed by atoms with E-state index in [1.54, 1.807) is 23.8 Å². The lowest BCUT2D eigenvalue weighted by molar-refractivity contribution is -0.131. The number of hydrogen-bond acceptors (Lipinski definition) is 6. The van der Waals surface area contributed by atoms with Gasteiger partial charge in [0.15, 0.2) is 0 Å². The third-order valence-corrected chi connectivity index (χ3v) is 7.47. The SMILES string of the molecule is CO[C@@H]1[C@H](OC(=O)N2CCN(C(C)=O)CC2)CC[C@]2(CO2)[C@H]1[C@]1(C)O[C@@H]1CC=C(C)C. The maximum absolute atomic E-state index is 12.9. The fraction of sp³-hybridized carbons (Fsp3) is 0.826. The van der Waals surface area contributed by atoms with Gasteiger partial charge in [-0.1, -0.05) is 11.6 Å². The van der Waals surface area contributed by atoms with E-state index < -0.39 is 0 Å². The van der Waals surface area contributed by atoms with Gasteiger partial charge < -0.3 is 28.7 Å². The van der Waals surface area contributed by atoms with Gasteiger partial charge in [-0.05, 0) is 40.0 Å². The zero-order chi connectivity index (χ0) is 22.4. The van der Waals surface area contributed by atoms with Crippen LogP contribution in [0.5, 0.6) is 0 Å². The average molecular weight is 437 g/mol. The zero-order valence-corrected chi connectivity index (χ0v) is 19.4. The highest BCUT2D eigenvalue weighted by molar-refractivity contribution is 5.74. The molecule has 0 aromatic heterocycles. The molecule has 0 aromatic carbocycles. The molecule has 0 unspecified atom stereocenters. The second kappa shape index (κ2) is 8.37. The maximum atomic E-state index is 12.9. The molecule has 0 aromatic rings. The first-order valence-corrected chi connectivity index (χ1v) is 11.4. The second-order valence-electron chi connectivity index (χ2n) is 9.79. The Labute approximate surface area is 184 Å². The van der Waals surface area contributed by atoms with Crippen molar-refractivity contribution >= 4 is 12.0 Å². The molecular formula is C23H36N2O6. The number of amides is 2. The molecule has 1 aliphatic carbocycles. The number of allylic oxidation sites excluding steroid dienone is 1. The van der Waals surface area contributed by atoms with Crippen LogP contribution < -0.4 is 0 Å². The summed E-state index contributed by atoms with van der Waals surface area (Å²) in [6.45, 7) is 10.7. The van der Waals surface area contributed by atoms with E-state index in [0.29, 0.717) is 39.2 Å². The molecule has 8 nitrogen and oxygen atoms in total. The largest absolute Gasteiger partial charge is 0.443 e. The molecule has 1 saturated carbocycles. The Morgan fingerprint density at radius 1 is 1.13 bits per heavy atom. The van der Waals surface area contributed by atoms with Gasteiger partial charge in [-0.25, -0.2) is 4.79 Å². The molecule has 0 bridgehead atoms. The Morgan fingerprint density at radius 2 is 1.77 bits per heavy atom. The molecule has 3 heterocycles. The molecule has 0 N–H and O–H groups in total. The first-order valence-electron chi connectivity index (χ1n) is 11.4. The van der Waals surface area contributed by atoms with Crippen LogP contribution in [0.3, 0.4) is 0 Å². The molecule has 4 aliphatic rings. The Hall–Kier alpha value is -1.64. The van der Waals surface area contributed by atoms with Gasteiger partial charge in [0.2, 0.25) is 5.91 Å². The smallest absolute Gasteiger partial charge is 0.410 e. The van der Waals surface area contributed by atoms with Crippen LogP contribution >= 0.6 is 0 Å². The van der Waals surface area contributed by atoms with Crippen LogP contribution in [0, 0.1) is 5.92 Å². The maximum Gasteiger partial charge on any atom is 0.410 e. The van der Waals surface area contributed by atoms with Crippen LogP contribution in [0.15, 0.2) is 11.6 Å². The van der Waals surface area contributed by atoms with Gasteiger partial charge in [-0.3, -0.25) is 4.79 Å². The van der Waals surface area contributed by atoms with E-state index in [1.165, 1.54) is 5.57 Å². The predicted octanol–water partition coefficient (Wildman–Crippen LogP) is 2.36. The Kier molecular flexibility index (Phi) is 6.09. The van der Waals surface area contributed by atoms with E-state index >= 15 is 0 Å². The number of rotatable bonds is 5. The molecular weight excluding hydrogens is 400 g/mol. The highest BCUT2D eigenvalue weighted by atomic mass is 16.6. The molecule has 31 heavy (non-hydrogen) atoms. The van der Waals surface area contributed by atoms with Gasteiger partial charge in [0, 0.05) is 40.2 Å². The summed E-state index contributed by atoms with van der Waals surface area (Å²) in [6, 6.07) is 0. The summed E-state index contributed by atoms with van der Waals surface area (Å²) < 4.78 is 24.1. The number of piperazine rings is 1. The molecule has 6 atom stereocenters. The van der Waals surface area contributed by atoms with Gasteiger partial charge >= 0.3 is 6.09 Å². The number of epoxide rings is 2. The van der Waals surface area contributed by atoms with Crippen molar-refractivity contribution in [3.05, 3.63) is 11.6 Å². The topological polar surface area (TPSA) is 84.1 Å². The number of hydrogen-bond donors (Lipinski definition) is 0. The summed E-state index contributed by atoms with van der Waals surface area (Å²) in [7, 11) is 1.68. The van der Waals surface area contributed by atoms with Gasteiger partial charge in [0.25, 0.3) is 0 Å². The van der Waals surface area contributed by atoms with Gasteiger partial charge in [0.05, 0.1) is 18.6 Å². The molecule has 0 radical (unpaired) electrons. The monoisotopic (exact) mass is 436 g/mol. The minimum atomic E-state index is -0.346. The first-order chi connectivity index (χ1) is 14.7. The first kappa shape index (κ1) is 22.6. The minimum Gasteiger partial charge on any atom is -0.443 e.